The van der Waals surface area contributed by atoms with E-state index in [4.69, 9.17) is 5.73 Å². The summed E-state index contributed by atoms with van der Waals surface area (Å²) >= 11 is 1.93. The Morgan fingerprint density at radius 2 is 1.86 bits per heavy atom. The highest BCUT2D eigenvalue weighted by atomic mass is 32.2. The van der Waals surface area contributed by atoms with Crippen molar-refractivity contribution in [3.8, 4) is 0 Å². The summed E-state index contributed by atoms with van der Waals surface area (Å²) in [6, 6.07) is 11.4. The molecular weight excluding hydrogens is 278 g/mol. The molecule has 0 aliphatic carbocycles. The van der Waals surface area contributed by atoms with Gasteiger partial charge in [-0.25, -0.2) is 0 Å². The number of rotatable bonds is 8. The van der Waals surface area contributed by atoms with E-state index in [9.17, 15) is 0 Å². The van der Waals surface area contributed by atoms with Crippen LogP contribution < -0.4 is 5.73 Å². The molecule has 1 saturated heterocycles. The minimum atomic E-state index is 0.580. The lowest BCUT2D eigenvalue weighted by Crippen LogP contribution is -2.52. The zero-order valence-corrected chi connectivity index (χ0v) is 14.0. The number of piperazine rings is 1. The first-order valence-corrected chi connectivity index (χ1v) is 9.42. The summed E-state index contributed by atoms with van der Waals surface area (Å²) in [6.07, 6.45) is 4.71. The Kier molecular flexibility index (Phi) is 7.58. The molecule has 4 heteroatoms. The van der Waals surface area contributed by atoms with Gasteiger partial charge in [-0.05, 0) is 30.4 Å². The van der Waals surface area contributed by atoms with Crippen LogP contribution in [0.4, 0.5) is 0 Å². The molecule has 2 rings (SSSR count). The Morgan fingerprint density at radius 1 is 1.14 bits per heavy atom. The van der Waals surface area contributed by atoms with Gasteiger partial charge in [0.05, 0.1) is 0 Å². The predicted octanol–water partition coefficient (Wildman–Crippen LogP) is 2.27. The topological polar surface area (TPSA) is 32.5 Å². The molecule has 1 fully saturated rings. The van der Waals surface area contributed by atoms with Crippen LogP contribution in [0.1, 0.15) is 18.4 Å². The fourth-order valence-electron chi connectivity index (χ4n) is 3.04. The van der Waals surface area contributed by atoms with E-state index in [2.05, 4.69) is 46.4 Å². The van der Waals surface area contributed by atoms with Gasteiger partial charge in [-0.1, -0.05) is 30.3 Å². The van der Waals surface area contributed by atoms with Gasteiger partial charge in [0.25, 0.3) is 0 Å². The summed E-state index contributed by atoms with van der Waals surface area (Å²) in [7, 11) is 0. The van der Waals surface area contributed by atoms with Crippen molar-refractivity contribution in [2.45, 2.75) is 25.4 Å². The molecule has 0 amide bonds. The molecule has 0 radical (unpaired) electrons. The number of benzene rings is 1. The first-order chi connectivity index (χ1) is 10.3. The molecule has 1 unspecified atom stereocenters. The number of thioether (sulfide) groups is 1. The molecule has 1 aromatic carbocycles. The molecule has 1 aliphatic heterocycles. The standard InChI is InChI=1S/C17H29N3S/c1-21-13-5-8-17(14-18)20-11-9-19(10-12-20)15-16-6-3-2-4-7-16/h2-4,6-7,17H,5,8-15,18H2,1H3. The third-order valence-electron chi connectivity index (χ3n) is 4.33. The van der Waals surface area contributed by atoms with E-state index in [0.29, 0.717) is 6.04 Å². The Labute approximate surface area is 133 Å². The van der Waals surface area contributed by atoms with Crippen LogP contribution in [-0.4, -0.2) is 60.6 Å². The maximum atomic E-state index is 5.98. The molecule has 0 aromatic heterocycles. The number of hydrogen-bond acceptors (Lipinski definition) is 4. The van der Waals surface area contributed by atoms with Gasteiger partial charge < -0.3 is 5.73 Å². The molecule has 1 atom stereocenters. The molecule has 2 N–H and O–H groups in total. The Hall–Kier alpha value is -0.550. The van der Waals surface area contributed by atoms with Crippen LogP contribution >= 0.6 is 11.8 Å². The molecule has 118 valence electrons. The van der Waals surface area contributed by atoms with Gasteiger partial charge in [-0.2, -0.15) is 11.8 Å². The van der Waals surface area contributed by atoms with Crippen LogP contribution in [0.15, 0.2) is 30.3 Å². The monoisotopic (exact) mass is 307 g/mol. The van der Waals surface area contributed by atoms with E-state index in [1.54, 1.807) is 0 Å². The number of hydrogen-bond donors (Lipinski definition) is 1. The van der Waals surface area contributed by atoms with Crippen molar-refractivity contribution in [1.29, 1.82) is 0 Å². The highest BCUT2D eigenvalue weighted by molar-refractivity contribution is 7.98. The molecule has 0 saturated carbocycles. The van der Waals surface area contributed by atoms with Gasteiger partial charge in [0.1, 0.15) is 0 Å². The fraction of sp³-hybridized carbons (Fsp3) is 0.647. The van der Waals surface area contributed by atoms with E-state index >= 15 is 0 Å². The highest BCUT2D eigenvalue weighted by Crippen LogP contribution is 2.14. The van der Waals surface area contributed by atoms with Crippen molar-refractivity contribution in [2.75, 3.05) is 44.7 Å². The minimum Gasteiger partial charge on any atom is -0.329 e. The van der Waals surface area contributed by atoms with Crippen molar-refractivity contribution in [2.24, 2.45) is 5.73 Å². The molecular formula is C17H29N3S. The highest BCUT2D eigenvalue weighted by Gasteiger charge is 2.22. The van der Waals surface area contributed by atoms with Gasteiger partial charge in [0.2, 0.25) is 0 Å². The normalized spacial score (nSPS) is 18.8. The smallest absolute Gasteiger partial charge is 0.0234 e. The number of nitrogens with zero attached hydrogens (tertiary/aromatic N) is 2. The zero-order chi connectivity index (χ0) is 14.9. The van der Waals surface area contributed by atoms with E-state index in [-0.39, 0.29) is 0 Å². The van der Waals surface area contributed by atoms with Gasteiger partial charge in [-0.3, -0.25) is 9.80 Å². The van der Waals surface area contributed by atoms with Gasteiger partial charge in [-0.15, -0.1) is 0 Å². The Balaban J connectivity index is 1.74. The molecule has 0 bridgehead atoms. The van der Waals surface area contributed by atoms with E-state index in [1.807, 2.05) is 11.8 Å². The quantitative estimate of drug-likeness (QED) is 0.747. The average Bonchev–Trinajstić information content (AvgIpc) is 2.54. The van der Waals surface area contributed by atoms with Crippen LogP contribution in [0.5, 0.6) is 0 Å². The van der Waals surface area contributed by atoms with Gasteiger partial charge >= 0.3 is 0 Å². The molecule has 21 heavy (non-hydrogen) atoms. The first-order valence-electron chi connectivity index (χ1n) is 8.03. The first kappa shape index (κ1) is 16.8. The third-order valence-corrected chi connectivity index (χ3v) is 5.03. The summed E-state index contributed by atoms with van der Waals surface area (Å²) in [4.78, 5) is 5.16. The van der Waals surface area contributed by atoms with Crippen LogP contribution in [0.3, 0.4) is 0 Å². The second-order valence-corrected chi connectivity index (χ2v) is 6.81. The second kappa shape index (κ2) is 9.46. The van der Waals surface area contributed by atoms with E-state index in [0.717, 1.165) is 39.3 Å². The van der Waals surface area contributed by atoms with Gasteiger partial charge in [0.15, 0.2) is 0 Å². The molecule has 3 nitrogen and oxygen atoms in total. The lowest BCUT2D eigenvalue weighted by molar-refractivity contribution is 0.0906. The van der Waals surface area contributed by atoms with Crippen LogP contribution in [0, 0.1) is 0 Å². The molecule has 1 aromatic rings. The SMILES string of the molecule is CSCCCC(CN)N1CCN(Cc2ccccc2)CC1. The Morgan fingerprint density at radius 3 is 2.48 bits per heavy atom. The maximum Gasteiger partial charge on any atom is 0.0234 e. The Bertz CT molecular complexity index is 377. The van der Waals surface area contributed by atoms with Crippen LogP contribution in [-0.2, 0) is 6.54 Å². The summed E-state index contributed by atoms with van der Waals surface area (Å²) in [5.41, 5.74) is 7.40. The van der Waals surface area contributed by atoms with Crippen molar-refractivity contribution >= 4 is 11.8 Å². The van der Waals surface area contributed by atoms with Crippen LogP contribution in [0.2, 0.25) is 0 Å². The van der Waals surface area contributed by atoms with Crippen molar-refractivity contribution in [1.82, 2.24) is 9.80 Å². The minimum absolute atomic E-state index is 0.580. The fourth-order valence-corrected chi connectivity index (χ4v) is 3.50. The lowest BCUT2D eigenvalue weighted by atomic mass is 10.1. The second-order valence-electron chi connectivity index (χ2n) is 5.82. The largest absolute Gasteiger partial charge is 0.329 e. The van der Waals surface area contributed by atoms with Crippen molar-refractivity contribution in [3.63, 3.8) is 0 Å². The van der Waals surface area contributed by atoms with Crippen molar-refractivity contribution in [3.05, 3.63) is 35.9 Å². The number of nitrogens with two attached hydrogens (primary N) is 1. The molecule has 1 aliphatic rings. The summed E-state index contributed by atoms with van der Waals surface area (Å²) in [5, 5.41) is 0. The summed E-state index contributed by atoms with van der Waals surface area (Å²) < 4.78 is 0. The van der Waals surface area contributed by atoms with E-state index in [1.165, 1.54) is 24.2 Å². The average molecular weight is 308 g/mol. The summed E-state index contributed by atoms with van der Waals surface area (Å²) in [5.74, 6) is 1.25. The predicted molar refractivity (Wildman–Crippen MR) is 93.8 cm³/mol. The molecule has 1 heterocycles. The van der Waals surface area contributed by atoms with E-state index < -0.39 is 0 Å². The maximum absolute atomic E-state index is 5.98. The summed E-state index contributed by atoms with van der Waals surface area (Å²) in [6.45, 7) is 6.52. The lowest BCUT2D eigenvalue weighted by Gasteiger charge is -2.39. The third kappa shape index (κ3) is 5.62. The van der Waals surface area contributed by atoms with Crippen molar-refractivity contribution < 1.29 is 0 Å². The molecule has 0 spiro atoms. The van der Waals surface area contributed by atoms with Gasteiger partial charge in [0, 0.05) is 45.3 Å². The zero-order valence-electron chi connectivity index (χ0n) is 13.2. The van der Waals surface area contributed by atoms with Crippen LogP contribution in [0.25, 0.3) is 0 Å².